The summed E-state index contributed by atoms with van der Waals surface area (Å²) in [4.78, 5) is 14.0. The first-order valence-corrected chi connectivity index (χ1v) is 11.8. The second-order valence-corrected chi connectivity index (χ2v) is 9.35. The van der Waals surface area contributed by atoms with E-state index in [9.17, 15) is 13.2 Å². The van der Waals surface area contributed by atoms with Gasteiger partial charge in [-0.15, -0.1) is 0 Å². The van der Waals surface area contributed by atoms with Crippen LogP contribution in [0.2, 0.25) is 0 Å². The van der Waals surface area contributed by atoms with Crippen molar-refractivity contribution in [3.63, 3.8) is 0 Å². The highest BCUT2D eigenvalue weighted by atomic mass is 32.2. The van der Waals surface area contributed by atoms with Crippen molar-refractivity contribution >= 4 is 15.9 Å². The van der Waals surface area contributed by atoms with Crippen molar-refractivity contribution in [3.05, 3.63) is 18.2 Å². The van der Waals surface area contributed by atoms with E-state index in [1.807, 2.05) is 13.8 Å². The molecular weight excluding hydrogens is 394 g/mol. The Balaban J connectivity index is 1.71. The van der Waals surface area contributed by atoms with Gasteiger partial charge in [-0.3, -0.25) is 9.69 Å². The minimum absolute atomic E-state index is 0.195. The van der Waals surface area contributed by atoms with E-state index in [0.717, 1.165) is 19.4 Å². The fraction of sp³-hybridized carbons (Fsp3) is 0.650. The largest absolute Gasteiger partial charge is 0.490 e. The van der Waals surface area contributed by atoms with E-state index in [4.69, 9.17) is 15.2 Å². The average molecular weight is 426 g/mol. The molecule has 2 N–H and O–H groups in total. The third-order valence-corrected chi connectivity index (χ3v) is 7.56. The van der Waals surface area contributed by atoms with E-state index in [1.54, 1.807) is 18.2 Å². The van der Waals surface area contributed by atoms with Gasteiger partial charge in [0.25, 0.3) is 0 Å². The predicted molar refractivity (Wildman–Crippen MR) is 109 cm³/mol. The fourth-order valence-corrected chi connectivity index (χ4v) is 5.77. The number of nitrogens with zero attached hydrogens (tertiary/aromatic N) is 2. The van der Waals surface area contributed by atoms with Crippen molar-refractivity contribution in [2.75, 3.05) is 32.8 Å². The van der Waals surface area contributed by atoms with Crippen molar-refractivity contribution in [3.8, 4) is 11.5 Å². The molecule has 162 valence electrons. The molecule has 2 heterocycles. The van der Waals surface area contributed by atoms with Gasteiger partial charge in [0.2, 0.25) is 15.9 Å². The zero-order chi connectivity index (χ0) is 21.0. The number of hydrogen-bond donors (Lipinski definition) is 1. The molecule has 0 aliphatic carbocycles. The second-order valence-electron chi connectivity index (χ2n) is 7.41. The van der Waals surface area contributed by atoms with Crippen LogP contribution in [0.15, 0.2) is 23.1 Å². The van der Waals surface area contributed by atoms with Crippen molar-refractivity contribution < 1.29 is 22.7 Å². The Morgan fingerprint density at radius 1 is 1.07 bits per heavy atom. The number of piperidine rings is 1. The Morgan fingerprint density at radius 3 is 2.34 bits per heavy atom. The summed E-state index contributed by atoms with van der Waals surface area (Å²) in [6, 6.07) is 4.73. The summed E-state index contributed by atoms with van der Waals surface area (Å²) in [5.41, 5.74) is 5.53. The minimum Gasteiger partial charge on any atom is -0.490 e. The van der Waals surface area contributed by atoms with Crippen LogP contribution in [0.3, 0.4) is 0 Å². The molecule has 0 radical (unpaired) electrons. The van der Waals surface area contributed by atoms with Crippen LogP contribution in [-0.4, -0.2) is 68.5 Å². The molecule has 0 bridgehead atoms. The SMILES string of the molecule is CCOc1ccc(S(=O)(=O)N2CCC(N3CCCC3C(N)=O)CC2)cc1OCC. The molecule has 1 aromatic rings. The first kappa shape index (κ1) is 21.9. The van der Waals surface area contributed by atoms with E-state index >= 15 is 0 Å². The van der Waals surface area contributed by atoms with Crippen LogP contribution in [0.5, 0.6) is 11.5 Å². The van der Waals surface area contributed by atoms with E-state index in [-0.39, 0.29) is 22.9 Å². The summed E-state index contributed by atoms with van der Waals surface area (Å²) in [5.74, 6) is 0.695. The highest BCUT2D eigenvalue weighted by molar-refractivity contribution is 7.89. The molecule has 1 atom stereocenters. The molecule has 3 rings (SSSR count). The van der Waals surface area contributed by atoms with Gasteiger partial charge in [-0.1, -0.05) is 0 Å². The fourth-order valence-electron chi connectivity index (χ4n) is 4.29. The van der Waals surface area contributed by atoms with Crippen molar-refractivity contribution in [1.82, 2.24) is 9.21 Å². The van der Waals surface area contributed by atoms with Crippen LogP contribution in [0.25, 0.3) is 0 Å². The lowest BCUT2D eigenvalue weighted by atomic mass is 10.0. The Hall–Kier alpha value is -1.84. The Morgan fingerprint density at radius 2 is 1.72 bits per heavy atom. The van der Waals surface area contributed by atoms with Crippen LogP contribution < -0.4 is 15.2 Å². The number of carbonyl (C=O) groups excluding carboxylic acids is 1. The average Bonchev–Trinajstić information content (AvgIpc) is 3.20. The normalized spacial score (nSPS) is 21.9. The molecule has 2 aliphatic heterocycles. The number of ether oxygens (including phenoxy) is 2. The molecule has 0 spiro atoms. The lowest BCUT2D eigenvalue weighted by Gasteiger charge is -2.38. The minimum atomic E-state index is -3.62. The van der Waals surface area contributed by atoms with Crippen LogP contribution in [-0.2, 0) is 14.8 Å². The number of rotatable bonds is 8. The van der Waals surface area contributed by atoms with E-state index in [0.29, 0.717) is 50.6 Å². The monoisotopic (exact) mass is 425 g/mol. The lowest BCUT2D eigenvalue weighted by molar-refractivity contribution is -0.123. The predicted octanol–water partition coefficient (Wildman–Crippen LogP) is 1.59. The number of amides is 1. The van der Waals surface area contributed by atoms with Crippen LogP contribution in [0.4, 0.5) is 0 Å². The number of sulfonamides is 1. The van der Waals surface area contributed by atoms with E-state index in [1.165, 1.54) is 4.31 Å². The van der Waals surface area contributed by atoms with Crippen LogP contribution >= 0.6 is 0 Å². The van der Waals surface area contributed by atoms with Gasteiger partial charge in [0.05, 0.1) is 24.2 Å². The van der Waals surface area contributed by atoms with Crippen molar-refractivity contribution in [1.29, 1.82) is 0 Å². The molecule has 9 heteroatoms. The molecule has 2 aliphatic rings. The molecular formula is C20H31N3O5S. The van der Waals surface area contributed by atoms with Gasteiger partial charge in [-0.05, 0) is 58.2 Å². The van der Waals surface area contributed by atoms with Gasteiger partial charge in [0.1, 0.15) is 0 Å². The summed E-state index contributed by atoms with van der Waals surface area (Å²) in [7, 11) is -3.62. The molecule has 2 fully saturated rings. The van der Waals surface area contributed by atoms with Gasteiger partial charge in [-0.2, -0.15) is 4.31 Å². The van der Waals surface area contributed by atoms with Crippen LogP contribution in [0, 0.1) is 0 Å². The van der Waals surface area contributed by atoms with Gasteiger partial charge in [-0.25, -0.2) is 8.42 Å². The Labute approximate surface area is 173 Å². The molecule has 0 aromatic heterocycles. The number of hydrogen-bond acceptors (Lipinski definition) is 6. The first-order valence-electron chi connectivity index (χ1n) is 10.3. The van der Waals surface area contributed by atoms with Gasteiger partial charge < -0.3 is 15.2 Å². The van der Waals surface area contributed by atoms with Crippen LogP contribution in [0.1, 0.15) is 39.5 Å². The molecule has 1 amide bonds. The summed E-state index contributed by atoms with van der Waals surface area (Å²) in [6.45, 7) is 6.31. The smallest absolute Gasteiger partial charge is 0.243 e. The molecule has 0 saturated carbocycles. The maximum absolute atomic E-state index is 13.2. The van der Waals surface area contributed by atoms with Gasteiger partial charge >= 0.3 is 0 Å². The third kappa shape index (κ3) is 4.67. The van der Waals surface area contributed by atoms with E-state index < -0.39 is 10.0 Å². The molecule has 29 heavy (non-hydrogen) atoms. The lowest BCUT2D eigenvalue weighted by Crippen LogP contribution is -2.51. The zero-order valence-corrected chi connectivity index (χ0v) is 18.0. The summed E-state index contributed by atoms with van der Waals surface area (Å²) < 4.78 is 38.9. The number of likely N-dealkylation sites (tertiary alicyclic amines) is 1. The number of primary amides is 1. The highest BCUT2D eigenvalue weighted by Crippen LogP contribution is 2.33. The molecule has 2 saturated heterocycles. The summed E-state index contributed by atoms with van der Waals surface area (Å²) in [5, 5.41) is 0. The second kappa shape index (κ2) is 9.32. The molecule has 8 nitrogen and oxygen atoms in total. The number of benzene rings is 1. The topological polar surface area (TPSA) is 102 Å². The van der Waals surface area contributed by atoms with Gasteiger partial charge in [0, 0.05) is 25.2 Å². The third-order valence-electron chi connectivity index (χ3n) is 5.67. The van der Waals surface area contributed by atoms with Crippen molar-refractivity contribution in [2.24, 2.45) is 5.73 Å². The Kier molecular flexibility index (Phi) is 7.02. The zero-order valence-electron chi connectivity index (χ0n) is 17.2. The maximum Gasteiger partial charge on any atom is 0.243 e. The maximum atomic E-state index is 13.2. The number of nitrogens with two attached hydrogens (primary N) is 1. The molecule has 1 aromatic carbocycles. The van der Waals surface area contributed by atoms with Gasteiger partial charge in [0.15, 0.2) is 11.5 Å². The summed E-state index contributed by atoms with van der Waals surface area (Å²) in [6.07, 6.45) is 3.13. The quantitative estimate of drug-likeness (QED) is 0.679. The Bertz CT molecular complexity index is 821. The number of carbonyl (C=O) groups is 1. The van der Waals surface area contributed by atoms with Crippen molar-refractivity contribution in [2.45, 2.75) is 56.5 Å². The summed E-state index contributed by atoms with van der Waals surface area (Å²) >= 11 is 0. The highest BCUT2D eigenvalue weighted by Gasteiger charge is 2.38. The first-order chi connectivity index (χ1) is 13.9. The molecule has 1 unspecified atom stereocenters. The van der Waals surface area contributed by atoms with E-state index in [2.05, 4.69) is 4.90 Å². The standard InChI is InChI=1S/C20H31N3O5S/c1-3-27-18-8-7-16(14-19(18)28-4-2)29(25,26)22-12-9-15(10-13-22)23-11-5-6-17(23)20(21)24/h7-8,14-15,17H,3-6,9-13H2,1-2H3,(H2,21,24).